The first-order valence-corrected chi connectivity index (χ1v) is 7.11. The van der Waals surface area contributed by atoms with Gasteiger partial charge in [-0.05, 0) is 24.6 Å². The van der Waals surface area contributed by atoms with Crippen molar-refractivity contribution < 1.29 is 9.18 Å². The Labute approximate surface area is 131 Å². The standard InChI is InChI=1S/C15H15FN6O/c1-2-21-9-12(7-18-21)14(23)19-15-17-10-22(20-15)8-11-4-3-5-13(16)6-11/h3-7,9-10H,2,8H2,1H3,(H,19,20,23). The average Bonchev–Trinajstić information content (AvgIpc) is 3.16. The molecule has 7 nitrogen and oxygen atoms in total. The molecule has 2 aromatic heterocycles. The highest BCUT2D eigenvalue weighted by atomic mass is 19.1. The average molecular weight is 314 g/mol. The van der Waals surface area contributed by atoms with E-state index in [0.717, 1.165) is 5.56 Å². The number of rotatable bonds is 5. The van der Waals surface area contributed by atoms with Gasteiger partial charge in [-0.25, -0.2) is 14.1 Å². The Bertz CT molecular complexity index is 825. The van der Waals surface area contributed by atoms with Gasteiger partial charge in [0, 0.05) is 12.7 Å². The van der Waals surface area contributed by atoms with E-state index in [0.29, 0.717) is 18.7 Å². The molecule has 23 heavy (non-hydrogen) atoms. The van der Waals surface area contributed by atoms with Crippen LogP contribution in [0.25, 0.3) is 0 Å². The first kappa shape index (κ1) is 14.9. The molecule has 0 saturated carbocycles. The highest BCUT2D eigenvalue weighted by Crippen LogP contribution is 2.07. The van der Waals surface area contributed by atoms with Crippen molar-refractivity contribution in [2.45, 2.75) is 20.0 Å². The van der Waals surface area contributed by atoms with Gasteiger partial charge in [0.1, 0.15) is 12.1 Å². The Kier molecular flexibility index (Phi) is 4.13. The summed E-state index contributed by atoms with van der Waals surface area (Å²) in [7, 11) is 0. The second kappa shape index (κ2) is 6.39. The Balaban J connectivity index is 1.66. The second-order valence-electron chi connectivity index (χ2n) is 4.93. The van der Waals surface area contributed by atoms with Gasteiger partial charge < -0.3 is 0 Å². The minimum Gasteiger partial charge on any atom is -0.289 e. The number of amides is 1. The maximum atomic E-state index is 13.2. The van der Waals surface area contributed by atoms with Crippen LogP contribution in [0.2, 0.25) is 0 Å². The van der Waals surface area contributed by atoms with Crippen LogP contribution in [0.5, 0.6) is 0 Å². The molecular formula is C15H15FN6O. The van der Waals surface area contributed by atoms with Crippen LogP contribution in [0, 0.1) is 5.82 Å². The number of anilines is 1. The number of hydrogen-bond acceptors (Lipinski definition) is 4. The fourth-order valence-corrected chi connectivity index (χ4v) is 2.08. The molecule has 0 atom stereocenters. The molecule has 3 aromatic rings. The monoisotopic (exact) mass is 314 g/mol. The third-order valence-electron chi connectivity index (χ3n) is 3.21. The molecule has 0 fully saturated rings. The van der Waals surface area contributed by atoms with Gasteiger partial charge in [0.2, 0.25) is 5.95 Å². The minimum atomic E-state index is -0.326. The lowest BCUT2D eigenvalue weighted by molar-refractivity contribution is 0.102. The lowest BCUT2D eigenvalue weighted by atomic mass is 10.2. The fourth-order valence-electron chi connectivity index (χ4n) is 2.08. The van der Waals surface area contributed by atoms with Crippen LogP contribution >= 0.6 is 0 Å². The van der Waals surface area contributed by atoms with Crippen LogP contribution in [0.1, 0.15) is 22.8 Å². The van der Waals surface area contributed by atoms with Gasteiger partial charge in [-0.1, -0.05) is 12.1 Å². The molecule has 0 aliphatic rings. The number of aryl methyl sites for hydroxylation is 1. The number of carbonyl (C=O) groups is 1. The first-order chi connectivity index (χ1) is 11.1. The van der Waals surface area contributed by atoms with Gasteiger partial charge in [-0.3, -0.25) is 14.8 Å². The van der Waals surface area contributed by atoms with Crippen molar-refractivity contribution in [2.75, 3.05) is 5.32 Å². The summed E-state index contributed by atoms with van der Waals surface area (Å²) in [4.78, 5) is 16.1. The van der Waals surface area contributed by atoms with Gasteiger partial charge in [-0.2, -0.15) is 5.10 Å². The van der Waals surface area contributed by atoms with Crippen molar-refractivity contribution in [1.82, 2.24) is 24.5 Å². The predicted molar refractivity (Wildman–Crippen MR) is 81.4 cm³/mol. The van der Waals surface area contributed by atoms with Crippen LogP contribution in [-0.4, -0.2) is 30.5 Å². The van der Waals surface area contributed by atoms with Crippen molar-refractivity contribution in [2.24, 2.45) is 0 Å². The maximum absolute atomic E-state index is 13.2. The van der Waals surface area contributed by atoms with Crippen LogP contribution in [0.15, 0.2) is 43.0 Å². The largest absolute Gasteiger partial charge is 0.289 e. The van der Waals surface area contributed by atoms with E-state index in [1.165, 1.54) is 29.3 Å². The molecule has 1 N–H and O–H groups in total. The fraction of sp³-hybridized carbons (Fsp3) is 0.200. The summed E-state index contributed by atoms with van der Waals surface area (Å²) in [6.07, 6.45) is 4.62. The highest BCUT2D eigenvalue weighted by molar-refractivity contribution is 6.02. The van der Waals surface area contributed by atoms with Gasteiger partial charge >= 0.3 is 0 Å². The molecule has 0 saturated heterocycles. The number of carbonyl (C=O) groups excluding carboxylic acids is 1. The SMILES string of the molecule is CCn1cc(C(=O)Nc2ncn(Cc3cccc(F)c3)n2)cn1. The Morgan fingerprint density at radius 3 is 2.96 bits per heavy atom. The highest BCUT2D eigenvalue weighted by Gasteiger charge is 2.11. The van der Waals surface area contributed by atoms with E-state index in [2.05, 4.69) is 20.5 Å². The Morgan fingerprint density at radius 2 is 2.22 bits per heavy atom. The number of nitrogens with one attached hydrogen (secondary N) is 1. The van der Waals surface area contributed by atoms with Gasteiger partial charge in [0.15, 0.2) is 0 Å². The van der Waals surface area contributed by atoms with E-state index in [1.807, 2.05) is 6.92 Å². The van der Waals surface area contributed by atoms with Crippen molar-refractivity contribution in [3.63, 3.8) is 0 Å². The predicted octanol–water partition coefficient (Wildman–Crippen LogP) is 1.93. The zero-order chi connectivity index (χ0) is 16.2. The van der Waals surface area contributed by atoms with E-state index in [9.17, 15) is 9.18 Å². The third-order valence-corrected chi connectivity index (χ3v) is 3.21. The number of nitrogens with zero attached hydrogens (tertiary/aromatic N) is 5. The van der Waals surface area contributed by atoms with Gasteiger partial charge in [0.25, 0.3) is 5.91 Å². The second-order valence-corrected chi connectivity index (χ2v) is 4.93. The molecule has 8 heteroatoms. The molecule has 3 rings (SSSR count). The van der Waals surface area contributed by atoms with Crippen molar-refractivity contribution in [3.05, 3.63) is 59.9 Å². The van der Waals surface area contributed by atoms with Crippen LogP contribution in [0.3, 0.4) is 0 Å². The van der Waals surface area contributed by atoms with E-state index < -0.39 is 0 Å². The summed E-state index contributed by atoms with van der Waals surface area (Å²) < 4.78 is 16.3. The molecule has 118 valence electrons. The quantitative estimate of drug-likeness (QED) is 0.780. The molecule has 0 bridgehead atoms. The van der Waals surface area contributed by atoms with Crippen molar-refractivity contribution >= 4 is 11.9 Å². The number of aromatic nitrogens is 5. The summed E-state index contributed by atoms with van der Waals surface area (Å²) in [5.41, 5.74) is 1.20. The summed E-state index contributed by atoms with van der Waals surface area (Å²) >= 11 is 0. The molecule has 0 aliphatic carbocycles. The lowest BCUT2D eigenvalue weighted by Crippen LogP contribution is -2.13. The summed E-state index contributed by atoms with van der Waals surface area (Å²) in [6.45, 7) is 2.99. The van der Waals surface area contributed by atoms with E-state index >= 15 is 0 Å². The number of hydrogen-bond donors (Lipinski definition) is 1. The molecule has 0 spiro atoms. The molecule has 1 amide bonds. The maximum Gasteiger partial charge on any atom is 0.261 e. The molecule has 2 heterocycles. The molecule has 0 unspecified atom stereocenters. The first-order valence-electron chi connectivity index (χ1n) is 7.11. The van der Waals surface area contributed by atoms with Crippen LogP contribution < -0.4 is 5.32 Å². The zero-order valence-corrected chi connectivity index (χ0v) is 12.5. The minimum absolute atomic E-state index is 0.190. The van der Waals surface area contributed by atoms with Crippen molar-refractivity contribution in [3.8, 4) is 0 Å². The summed E-state index contributed by atoms with van der Waals surface area (Å²) in [5, 5.41) is 10.8. The lowest BCUT2D eigenvalue weighted by Gasteiger charge is -2.01. The van der Waals surface area contributed by atoms with E-state index in [-0.39, 0.29) is 17.7 Å². The normalized spacial score (nSPS) is 10.7. The molecule has 0 aliphatic heterocycles. The van der Waals surface area contributed by atoms with Crippen LogP contribution in [0.4, 0.5) is 10.3 Å². The number of halogens is 1. The molecular weight excluding hydrogens is 299 g/mol. The van der Waals surface area contributed by atoms with E-state index in [1.54, 1.807) is 23.0 Å². The van der Waals surface area contributed by atoms with Gasteiger partial charge in [0.05, 0.1) is 18.3 Å². The molecule has 0 radical (unpaired) electrons. The number of benzene rings is 1. The zero-order valence-electron chi connectivity index (χ0n) is 12.5. The smallest absolute Gasteiger partial charge is 0.261 e. The summed E-state index contributed by atoms with van der Waals surface area (Å²) in [6, 6.07) is 6.24. The van der Waals surface area contributed by atoms with Crippen molar-refractivity contribution in [1.29, 1.82) is 0 Å². The summed E-state index contributed by atoms with van der Waals surface area (Å²) in [5.74, 6) is -0.437. The topological polar surface area (TPSA) is 77.6 Å². The van der Waals surface area contributed by atoms with Crippen LogP contribution in [-0.2, 0) is 13.1 Å². The third kappa shape index (κ3) is 3.60. The Morgan fingerprint density at radius 1 is 1.35 bits per heavy atom. The van der Waals surface area contributed by atoms with Gasteiger partial charge in [-0.15, -0.1) is 5.10 Å². The Hall–Kier alpha value is -3.03. The van der Waals surface area contributed by atoms with E-state index in [4.69, 9.17) is 0 Å². The molecule has 1 aromatic carbocycles.